The molecule has 4 heteroatoms. The average Bonchev–Trinajstić information content (AvgIpc) is 3.22. The van der Waals surface area contributed by atoms with E-state index in [9.17, 15) is 15.0 Å². The van der Waals surface area contributed by atoms with Crippen molar-refractivity contribution in [2.45, 2.75) is 225 Å². The van der Waals surface area contributed by atoms with E-state index < -0.39 is 12.1 Å². The second-order valence-electron chi connectivity index (χ2n) is 15.8. The number of hydrogen-bond donors (Lipinski definition) is 3. The average molecular weight is 790 g/mol. The molecule has 1 amide bonds. The highest BCUT2D eigenvalue weighted by molar-refractivity contribution is 5.76. The second kappa shape index (κ2) is 47.7. The molecule has 4 nitrogen and oxygen atoms in total. The van der Waals surface area contributed by atoms with E-state index >= 15 is 0 Å². The summed E-state index contributed by atoms with van der Waals surface area (Å²) in [6, 6.07) is -0.649. The van der Waals surface area contributed by atoms with Gasteiger partial charge in [-0.25, -0.2) is 0 Å². The number of rotatable bonds is 42. The quantitative estimate of drug-likeness (QED) is 0.0426. The van der Waals surface area contributed by atoms with E-state index in [0.29, 0.717) is 6.42 Å². The fourth-order valence-corrected chi connectivity index (χ4v) is 6.65. The van der Waals surface area contributed by atoms with Crippen LogP contribution in [-0.2, 0) is 4.79 Å². The summed E-state index contributed by atoms with van der Waals surface area (Å²) in [6.45, 7) is 4.15. The van der Waals surface area contributed by atoms with Crippen LogP contribution in [0.3, 0.4) is 0 Å². The van der Waals surface area contributed by atoms with Gasteiger partial charge in [0.2, 0.25) is 5.91 Å². The maximum absolute atomic E-state index is 12.4. The molecule has 0 aliphatic rings. The first-order valence-electron chi connectivity index (χ1n) is 24.0. The largest absolute Gasteiger partial charge is 0.394 e. The molecule has 0 saturated heterocycles. The van der Waals surface area contributed by atoms with Gasteiger partial charge in [0.25, 0.3) is 0 Å². The van der Waals surface area contributed by atoms with Gasteiger partial charge < -0.3 is 15.5 Å². The van der Waals surface area contributed by atoms with Crippen molar-refractivity contribution in [1.82, 2.24) is 5.32 Å². The van der Waals surface area contributed by atoms with Crippen LogP contribution in [0, 0.1) is 0 Å². The molecule has 0 bridgehead atoms. The number of aliphatic hydroxyl groups is 2. The minimum absolute atomic E-state index is 0.0826. The fourth-order valence-electron chi connectivity index (χ4n) is 6.65. The first-order chi connectivity index (χ1) is 28.2. The SMILES string of the molecule is CC/C=C\C/C=C\C/C=C\C/C=C\C/C=C\CCCCCCCCCCCCCCCCCC(=O)NC(CO)C(O)/C=C/CC/C=C/CC/C=C/CCCCCC. The van der Waals surface area contributed by atoms with Gasteiger partial charge in [0.15, 0.2) is 0 Å². The van der Waals surface area contributed by atoms with Gasteiger partial charge in [-0.2, -0.15) is 0 Å². The molecule has 0 aromatic rings. The molecular formula is C53H91NO3. The van der Waals surface area contributed by atoms with Crippen LogP contribution in [0.25, 0.3) is 0 Å². The third-order valence-electron chi connectivity index (χ3n) is 10.3. The lowest BCUT2D eigenvalue weighted by Gasteiger charge is -2.19. The third-order valence-corrected chi connectivity index (χ3v) is 10.3. The summed E-state index contributed by atoms with van der Waals surface area (Å²) in [5.74, 6) is -0.0826. The second-order valence-corrected chi connectivity index (χ2v) is 15.8. The molecular weight excluding hydrogens is 699 g/mol. The highest BCUT2D eigenvalue weighted by Crippen LogP contribution is 2.15. The van der Waals surface area contributed by atoms with E-state index in [1.165, 1.54) is 122 Å². The van der Waals surface area contributed by atoms with Gasteiger partial charge in [0, 0.05) is 6.42 Å². The molecule has 0 heterocycles. The Labute approximate surface area is 353 Å². The molecule has 0 aromatic carbocycles. The number of hydrogen-bond acceptors (Lipinski definition) is 3. The number of allylic oxidation sites excluding steroid dienone is 15. The number of amides is 1. The van der Waals surface area contributed by atoms with E-state index in [0.717, 1.165) is 70.6 Å². The van der Waals surface area contributed by atoms with Crippen LogP contribution in [0.4, 0.5) is 0 Å². The highest BCUT2D eigenvalue weighted by atomic mass is 16.3. The van der Waals surface area contributed by atoms with Gasteiger partial charge >= 0.3 is 0 Å². The van der Waals surface area contributed by atoms with Gasteiger partial charge in [-0.1, -0.05) is 214 Å². The summed E-state index contributed by atoms with van der Waals surface area (Å²) in [5, 5.41) is 23.0. The summed E-state index contributed by atoms with van der Waals surface area (Å²) in [7, 11) is 0. The molecule has 3 N–H and O–H groups in total. The van der Waals surface area contributed by atoms with Crippen LogP contribution in [0.2, 0.25) is 0 Å². The Morgan fingerprint density at radius 2 is 0.789 bits per heavy atom. The molecule has 0 fully saturated rings. The Hall–Kier alpha value is -2.69. The van der Waals surface area contributed by atoms with E-state index in [2.05, 4.69) is 104 Å². The van der Waals surface area contributed by atoms with Crippen molar-refractivity contribution in [3.8, 4) is 0 Å². The summed E-state index contributed by atoms with van der Waals surface area (Å²) in [6.07, 6.45) is 71.0. The number of unbranched alkanes of at least 4 members (excludes halogenated alkanes) is 21. The van der Waals surface area contributed by atoms with Crippen LogP contribution < -0.4 is 5.32 Å². The summed E-state index contributed by atoms with van der Waals surface area (Å²) in [5.41, 5.74) is 0. The molecule has 0 aliphatic carbocycles. The molecule has 0 saturated carbocycles. The molecule has 326 valence electrons. The van der Waals surface area contributed by atoms with Crippen molar-refractivity contribution in [3.63, 3.8) is 0 Å². The predicted octanol–water partition coefficient (Wildman–Crippen LogP) is 15.4. The highest BCUT2D eigenvalue weighted by Gasteiger charge is 2.17. The number of aliphatic hydroxyl groups excluding tert-OH is 2. The van der Waals surface area contributed by atoms with Crippen molar-refractivity contribution in [3.05, 3.63) is 97.2 Å². The lowest BCUT2D eigenvalue weighted by molar-refractivity contribution is -0.123. The standard InChI is InChI=1S/C53H91NO3/c1-3-5-7-9-11-13-15-17-19-20-21-22-23-24-25-26-27-28-29-30-31-32-33-34-35-37-39-41-43-45-47-49-53(57)54-51(50-55)52(56)48-46-44-42-40-38-36-18-16-14-12-10-8-6-4-2/h5,7,11,13-14,16-17,19,21-22,24-25,38,40,46,48,51-52,55-56H,3-4,6,8-10,12,15,18,20,23,26-37,39,41-45,47,49-50H2,1-2H3,(H,54,57)/b7-5-,13-11-,16-14+,19-17-,22-21-,25-24-,40-38+,48-46+. The molecule has 0 aliphatic heterocycles. The maximum Gasteiger partial charge on any atom is 0.220 e. The lowest BCUT2D eigenvalue weighted by Crippen LogP contribution is -2.45. The normalized spacial score (nSPS) is 13.8. The molecule has 57 heavy (non-hydrogen) atoms. The molecule has 0 spiro atoms. The first kappa shape index (κ1) is 54.3. The van der Waals surface area contributed by atoms with Crippen molar-refractivity contribution in [2.75, 3.05) is 6.61 Å². The first-order valence-corrected chi connectivity index (χ1v) is 24.0. The zero-order valence-corrected chi connectivity index (χ0v) is 37.3. The van der Waals surface area contributed by atoms with E-state index in [1.807, 2.05) is 6.08 Å². The van der Waals surface area contributed by atoms with Crippen molar-refractivity contribution in [1.29, 1.82) is 0 Å². The van der Waals surface area contributed by atoms with Gasteiger partial charge in [-0.3, -0.25) is 4.79 Å². The van der Waals surface area contributed by atoms with Crippen LogP contribution in [0.1, 0.15) is 213 Å². The minimum atomic E-state index is -0.874. The number of nitrogens with one attached hydrogen (secondary N) is 1. The lowest BCUT2D eigenvalue weighted by atomic mass is 10.0. The Balaban J connectivity index is 3.57. The van der Waals surface area contributed by atoms with Crippen LogP contribution in [0.15, 0.2) is 97.2 Å². The van der Waals surface area contributed by atoms with Crippen LogP contribution >= 0.6 is 0 Å². The molecule has 0 aromatic heterocycles. The topological polar surface area (TPSA) is 69.6 Å². The van der Waals surface area contributed by atoms with Crippen molar-refractivity contribution >= 4 is 5.91 Å². The molecule has 2 atom stereocenters. The monoisotopic (exact) mass is 790 g/mol. The number of carbonyl (C=O) groups excluding carboxylic acids is 1. The van der Waals surface area contributed by atoms with Gasteiger partial charge in [0.1, 0.15) is 0 Å². The third kappa shape index (κ3) is 44.3. The number of carbonyl (C=O) groups is 1. The summed E-state index contributed by atoms with van der Waals surface area (Å²) in [4.78, 5) is 12.4. The fraction of sp³-hybridized carbons (Fsp3) is 0.679. The zero-order valence-electron chi connectivity index (χ0n) is 37.3. The maximum atomic E-state index is 12.4. The zero-order chi connectivity index (χ0) is 41.4. The van der Waals surface area contributed by atoms with Crippen LogP contribution in [-0.4, -0.2) is 34.9 Å². The summed E-state index contributed by atoms with van der Waals surface area (Å²) < 4.78 is 0. The molecule has 0 radical (unpaired) electrons. The van der Waals surface area contributed by atoms with Crippen molar-refractivity contribution < 1.29 is 15.0 Å². The Morgan fingerprint density at radius 3 is 1.23 bits per heavy atom. The summed E-state index contributed by atoms with van der Waals surface area (Å²) >= 11 is 0. The molecule has 0 rings (SSSR count). The van der Waals surface area contributed by atoms with Gasteiger partial charge in [-0.05, 0) is 89.9 Å². The Kier molecular flexibility index (Phi) is 45.4. The van der Waals surface area contributed by atoms with Gasteiger partial charge in [-0.15, -0.1) is 0 Å². The van der Waals surface area contributed by atoms with Gasteiger partial charge in [0.05, 0.1) is 18.8 Å². The molecule has 2 unspecified atom stereocenters. The van der Waals surface area contributed by atoms with E-state index in [-0.39, 0.29) is 12.5 Å². The van der Waals surface area contributed by atoms with E-state index in [4.69, 9.17) is 0 Å². The van der Waals surface area contributed by atoms with Crippen LogP contribution in [0.5, 0.6) is 0 Å². The Bertz CT molecular complexity index is 1080. The predicted molar refractivity (Wildman–Crippen MR) is 253 cm³/mol. The smallest absolute Gasteiger partial charge is 0.220 e. The van der Waals surface area contributed by atoms with Crippen molar-refractivity contribution in [2.24, 2.45) is 0 Å². The Morgan fingerprint density at radius 1 is 0.439 bits per heavy atom. The van der Waals surface area contributed by atoms with E-state index in [1.54, 1.807) is 6.08 Å². The minimum Gasteiger partial charge on any atom is -0.394 e.